The van der Waals surface area contributed by atoms with Crippen LogP contribution in [0.2, 0.25) is 0 Å². The summed E-state index contributed by atoms with van der Waals surface area (Å²) in [6, 6.07) is 8.21. The minimum atomic E-state index is -1.08. The minimum Gasteiger partial charge on any atom is -0.550 e. The molecule has 0 aliphatic heterocycles. The van der Waals surface area contributed by atoms with Crippen LogP contribution in [0.1, 0.15) is 130 Å². The molecule has 0 aliphatic rings. The fraction of sp³-hybridized carbons (Fsp3) is 0.543. The molecule has 2 aromatic carbocycles. The second-order valence-corrected chi connectivity index (χ2v) is 14.7. The van der Waals surface area contributed by atoms with Gasteiger partial charge in [0.1, 0.15) is 18.2 Å². The Balaban J connectivity index is 0. The first kappa shape index (κ1) is 43.0. The molecule has 0 heterocycles. The van der Waals surface area contributed by atoms with Gasteiger partial charge in [-0.25, -0.2) is 0 Å². The molecule has 0 atom stereocenters. The molecular formula is C35H52CoN2O6. The maximum atomic E-state index is 10.9. The predicted octanol–water partition coefficient (Wildman–Crippen LogP) is 5.29. The van der Waals surface area contributed by atoms with Crippen LogP contribution >= 0.6 is 0 Å². The first-order valence-corrected chi connectivity index (χ1v) is 14.3. The van der Waals surface area contributed by atoms with Gasteiger partial charge < -0.3 is 30.0 Å². The minimum absolute atomic E-state index is 0. The Morgan fingerprint density at radius 3 is 1.07 bits per heavy atom. The number of hydrogen-bond acceptors (Lipinski definition) is 8. The van der Waals surface area contributed by atoms with Crippen molar-refractivity contribution in [1.29, 1.82) is 0 Å². The Morgan fingerprint density at radius 1 is 0.614 bits per heavy atom. The number of carboxylic acids is 2. The number of hydrogen-bond donors (Lipinski definition) is 2. The van der Waals surface area contributed by atoms with E-state index in [1.165, 1.54) is 0 Å². The molecule has 9 heteroatoms. The van der Waals surface area contributed by atoms with Crippen molar-refractivity contribution < 1.29 is 46.8 Å². The molecule has 0 spiro atoms. The molecule has 0 aromatic heterocycles. The van der Waals surface area contributed by atoms with E-state index in [0.29, 0.717) is 11.1 Å². The smallest absolute Gasteiger partial charge is 0.550 e. The Morgan fingerprint density at radius 2 is 0.864 bits per heavy atom. The monoisotopic (exact) mass is 655 g/mol. The van der Waals surface area contributed by atoms with E-state index in [1.807, 2.05) is 12.1 Å². The van der Waals surface area contributed by atoms with Gasteiger partial charge in [-0.1, -0.05) is 95.2 Å². The molecule has 0 saturated heterocycles. The number of phenols is 2. The van der Waals surface area contributed by atoms with Crippen LogP contribution in [0.15, 0.2) is 34.3 Å². The van der Waals surface area contributed by atoms with Gasteiger partial charge in [0.25, 0.3) is 0 Å². The van der Waals surface area contributed by atoms with Gasteiger partial charge in [-0.3, -0.25) is 9.98 Å². The molecule has 2 aromatic rings. The van der Waals surface area contributed by atoms with Gasteiger partial charge in [0.15, 0.2) is 0 Å². The molecule has 0 unspecified atom stereocenters. The summed E-state index contributed by atoms with van der Waals surface area (Å²) in [5, 5.41) is 39.7. The number of aromatic hydroxyl groups is 2. The molecule has 8 nitrogen and oxygen atoms in total. The normalized spacial score (nSPS) is 12.1. The number of carbonyl (C=O) groups excluding carboxylic acids is 2. The molecule has 0 amide bonds. The van der Waals surface area contributed by atoms with Gasteiger partial charge in [-0.15, -0.1) is 0 Å². The van der Waals surface area contributed by atoms with Gasteiger partial charge in [-0.2, -0.15) is 0 Å². The summed E-state index contributed by atoms with van der Waals surface area (Å²) in [5.74, 6) is -1.63. The van der Waals surface area contributed by atoms with E-state index in [4.69, 9.17) is 19.8 Å². The van der Waals surface area contributed by atoms with E-state index in [-0.39, 0.29) is 56.6 Å². The first-order valence-electron chi connectivity index (χ1n) is 14.3. The number of carboxylic acid groups (broad SMARTS) is 2. The summed E-state index contributed by atoms with van der Waals surface area (Å²) >= 11 is 0. The molecular weight excluding hydrogens is 603 g/mol. The largest absolute Gasteiger partial charge is 2.00 e. The number of aliphatic carboxylic acids is 2. The fourth-order valence-corrected chi connectivity index (χ4v) is 3.85. The van der Waals surface area contributed by atoms with Crippen LogP contribution in [0, 0.1) is 0 Å². The quantitative estimate of drug-likeness (QED) is 0.428. The van der Waals surface area contributed by atoms with Crippen LogP contribution in [-0.2, 0) is 48.0 Å². The van der Waals surface area contributed by atoms with Gasteiger partial charge in [-0.05, 0) is 58.8 Å². The maximum Gasteiger partial charge on any atom is 2.00 e. The Bertz CT molecular complexity index is 1210. The van der Waals surface area contributed by atoms with Crippen molar-refractivity contribution >= 4 is 24.4 Å². The molecule has 0 saturated carbocycles. The zero-order valence-corrected chi connectivity index (χ0v) is 30.0. The fourth-order valence-electron chi connectivity index (χ4n) is 3.85. The number of aliphatic imine (C=N–C) groups is 2. The summed E-state index contributed by atoms with van der Waals surface area (Å²) in [5.41, 5.74) is 5.06. The summed E-state index contributed by atoms with van der Waals surface area (Å²) in [6.45, 7) is 27.8. The zero-order chi connectivity index (χ0) is 34.1. The van der Waals surface area contributed by atoms with Crippen LogP contribution in [0.25, 0.3) is 0 Å². The van der Waals surface area contributed by atoms with Gasteiger partial charge in [0.05, 0.1) is 0 Å². The topological polar surface area (TPSA) is 145 Å². The second kappa shape index (κ2) is 16.8. The molecule has 2 rings (SSSR count). The summed E-state index contributed by atoms with van der Waals surface area (Å²) in [4.78, 5) is 26.7. The van der Waals surface area contributed by atoms with Crippen LogP contribution in [-0.4, -0.2) is 41.2 Å². The van der Waals surface area contributed by atoms with Crippen molar-refractivity contribution in [3.05, 3.63) is 57.6 Å². The van der Waals surface area contributed by atoms with Gasteiger partial charge >= 0.3 is 16.8 Å². The van der Waals surface area contributed by atoms with E-state index in [2.05, 4.69) is 105 Å². The van der Waals surface area contributed by atoms with Crippen LogP contribution < -0.4 is 10.2 Å². The first-order chi connectivity index (χ1) is 19.2. The summed E-state index contributed by atoms with van der Waals surface area (Å²) in [6.07, 6.45) is 3.40. The molecule has 0 aliphatic carbocycles. The predicted molar refractivity (Wildman–Crippen MR) is 172 cm³/mol. The van der Waals surface area contributed by atoms with E-state index in [1.54, 1.807) is 12.4 Å². The Hall–Kier alpha value is -3.17. The van der Waals surface area contributed by atoms with E-state index in [9.17, 15) is 10.2 Å². The SMILES string of the molecule is CC(=O)[O-].CC(=O)[O-].CC(C)(C)c1cc(C=NCN=Cc2cc(C(C)(C)C)cc(C(C)(C)C)c2O)c(O)c(C(C)(C)C)c1.[Co+2]. The third-order valence-corrected chi connectivity index (χ3v) is 6.25. The molecule has 1 radical (unpaired) electrons. The van der Waals surface area contributed by atoms with Crippen molar-refractivity contribution in [1.82, 2.24) is 0 Å². The number of benzene rings is 2. The van der Waals surface area contributed by atoms with Gasteiger partial charge in [0, 0.05) is 46.6 Å². The van der Waals surface area contributed by atoms with E-state index < -0.39 is 11.9 Å². The van der Waals surface area contributed by atoms with Crippen molar-refractivity contribution in [2.45, 2.75) is 119 Å². The van der Waals surface area contributed by atoms with Crippen molar-refractivity contribution in [2.75, 3.05) is 6.67 Å². The maximum absolute atomic E-state index is 10.9. The summed E-state index contributed by atoms with van der Waals surface area (Å²) in [7, 11) is 0. The average molecular weight is 656 g/mol. The van der Waals surface area contributed by atoms with Crippen LogP contribution in [0.4, 0.5) is 0 Å². The van der Waals surface area contributed by atoms with Crippen molar-refractivity contribution in [3.63, 3.8) is 0 Å². The van der Waals surface area contributed by atoms with Gasteiger partial charge in [0.2, 0.25) is 0 Å². The van der Waals surface area contributed by atoms with E-state index in [0.717, 1.165) is 36.1 Å². The number of rotatable bonds is 4. The second-order valence-electron chi connectivity index (χ2n) is 14.7. The van der Waals surface area contributed by atoms with Crippen molar-refractivity contribution in [3.8, 4) is 11.5 Å². The third kappa shape index (κ3) is 15.0. The molecule has 2 N–H and O–H groups in total. The van der Waals surface area contributed by atoms with E-state index >= 15 is 0 Å². The Labute approximate surface area is 275 Å². The molecule has 0 bridgehead atoms. The average Bonchev–Trinajstić information content (AvgIpc) is 2.76. The molecule has 247 valence electrons. The molecule has 0 fully saturated rings. The van der Waals surface area contributed by atoms with Crippen LogP contribution in [0.5, 0.6) is 11.5 Å². The number of carbonyl (C=O) groups is 2. The number of nitrogens with zero attached hydrogens (tertiary/aromatic N) is 2. The van der Waals surface area contributed by atoms with Crippen molar-refractivity contribution in [2.24, 2.45) is 9.98 Å². The Kier molecular flexibility index (Phi) is 16.4. The van der Waals surface area contributed by atoms with Crippen LogP contribution in [0.3, 0.4) is 0 Å². The zero-order valence-electron chi connectivity index (χ0n) is 28.9. The number of phenolic OH excluding ortho intramolecular Hbond substituents is 2. The molecule has 44 heavy (non-hydrogen) atoms. The standard InChI is InChI=1S/C31H46N2O2.2C2H4O2.Co/c1-28(2,3)22-13-20(26(34)24(15-22)30(7,8)9)17-32-19-33-18-21-14-23(29(4,5)6)16-25(27(21)35)31(10,11)12;2*1-2(3)4;/h13-18,34-35H,19H2,1-12H3;2*1H3,(H,3,4);/q;;;+2/p-2. The summed E-state index contributed by atoms with van der Waals surface area (Å²) < 4.78 is 0. The third-order valence-electron chi connectivity index (χ3n) is 6.25.